The number of fused-ring (bicyclic) bond motifs is 3. The molecule has 0 aromatic heterocycles. The summed E-state index contributed by atoms with van der Waals surface area (Å²) in [7, 11) is 0. The van der Waals surface area contributed by atoms with Gasteiger partial charge in [-0.25, -0.2) is 0 Å². The zero-order valence-electron chi connectivity index (χ0n) is 16.5. The van der Waals surface area contributed by atoms with E-state index in [2.05, 4.69) is 58.5 Å². The molecule has 0 atom stereocenters. The molecule has 1 N–H and O–H groups in total. The second-order valence-corrected chi connectivity index (χ2v) is 7.85. The number of aromatic hydroxyl groups is 1. The minimum atomic E-state index is -0.414. The summed E-state index contributed by atoms with van der Waals surface area (Å²) < 4.78 is 6.36. The van der Waals surface area contributed by atoms with Gasteiger partial charge in [0, 0.05) is 11.1 Å². The molecule has 1 aliphatic heterocycles. The number of aryl methyl sites for hydroxylation is 2. The fraction of sp³-hybridized carbons (Fsp3) is 0.417. The van der Waals surface area contributed by atoms with Crippen molar-refractivity contribution in [2.45, 2.75) is 65.4 Å². The molecule has 0 amide bonds. The van der Waals surface area contributed by atoms with Crippen molar-refractivity contribution >= 4 is 0 Å². The first-order valence-electron chi connectivity index (χ1n) is 9.68. The Morgan fingerprint density at radius 1 is 1.19 bits per heavy atom. The standard InChI is InChI=1S/C24H30O2/c1-6-8-9-11-17-15-21-22(23(25)18(17)10-7-2)19-14-16(3)12-13-20(19)24(4,5)26-21/h7,12-15,25H,2,6,8-11H2,1,3-5H3. The number of benzene rings is 2. The molecule has 0 unspecified atom stereocenters. The Kier molecular flexibility index (Phi) is 5.13. The van der Waals surface area contributed by atoms with E-state index in [0.717, 1.165) is 40.8 Å². The van der Waals surface area contributed by atoms with Crippen molar-refractivity contribution in [3.05, 3.63) is 59.2 Å². The van der Waals surface area contributed by atoms with Crippen LogP contribution >= 0.6 is 0 Å². The van der Waals surface area contributed by atoms with Crippen LogP contribution < -0.4 is 4.74 Å². The molecule has 0 fully saturated rings. The lowest BCUT2D eigenvalue weighted by Gasteiger charge is -2.36. The van der Waals surface area contributed by atoms with Gasteiger partial charge in [0.1, 0.15) is 17.1 Å². The van der Waals surface area contributed by atoms with Crippen molar-refractivity contribution in [3.8, 4) is 22.6 Å². The zero-order valence-corrected chi connectivity index (χ0v) is 16.5. The second kappa shape index (κ2) is 7.19. The topological polar surface area (TPSA) is 29.5 Å². The highest BCUT2D eigenvalue weighted by atomic mass is 16.5. The van der Waals surface area contributed by atoms with Gasteiger partial charge in [0.2, 0.25) is 0 Å². The van der Waals surface area contributed by atoms with Crippen LogP contribution in [0.15, 0.2) is 36.9 Å². The van der Waals surface area contributed by atoms with Crippen LogP contribution in [0.4, 0.5) is 0 Å². The van der Waals surface area contributed by atoms with Gasteiger partial charge in [-0.1, -0.05) is 49.6 Å². The van der Waals surface area contributed by atoms with Crippen LogP contribution in [0.3, 0.4) is 0 Å². The van der Waals surface area contributed by atoms with Gasteiger partial charge in [-0.3, -0.25) is 0 Å². The highest BCUT2D eigenvalue weighted by Crippen LogP contribution is 2.51. The molecule has 2 aromatic carbocycles. The Balaban J connectivity index is 2.21. The SMILES string of the molecule is C=CCc1c(CCCCC)cc2c(c1O)-c1cc(C)ccc1C(C)(C)O2. The lowest BCUT2D eigenvalue weighted by molar-refractivity contribution is 0.105. The van der Waals surface area contributed by atoms with Crippen molar-refractivity contribution < 1.29 is 9.84 Å². The second-order valence-electron chi connectivity index (χ2n) is 7.85. The summed E-state index contributed by atoms with van der Waals surface area (Å²) in [6.45, 7) is 12.4. The molecular weight excluding hydrogens is 320 g/mol. The van der Waals surface area contributed by atoms with Crippen LogP contribution in [0.5, 0.6) is 11.5 Å². The fourth-order valence-corrected chi connectivity index (χ4v) is 3.96. The summed E-state index contributed by atoms with van der Waals surface area (Å²) in [5, 5.41) is 11.2. The number of unbranched alkanes of at least 4 members (excludes halogenated alkanes) is 2. The summed E-state index contributed by atoms with van der Waals surface area (Å²) in [6, 6.07) is 8.54. The Bertz CT molecular complexity index is 831. The lowest BCUT2D eigenvalue weighted by Crippen LogP contribution is -2.29. The number of rotatable bonds is 6. The number of phenolic OH excluding ortho intramolecular Hbond substituents is 1. The maximum absolute atomic E-state index is 11.2. The van der Waals surface area contributed by atoms with Gasteiger partial charge in [-0.2, -0.15) is 0 Å². The minimum absolute atomic E-state index is 0.358. The van der Waals surface area contributed by atoms with Gasteiger partial charge in [-0.05, 0) is 57.2 Å². The molecule has 1 heterocycles. The van der Waals surface area contributed by atoms with E-state index in [1.54, 1.807) is 0 Å². The fourth-order valence-electron chi connectivity index (χ4n) is 3.96. The summed E-state index contributed by atoms with van der Waals surface area (Å²) in [4.78, 5) is 0. The minimum Gasteiger partial charge on any atom is -0.507 e. The average molecular weight is 351 g/mol. The van der Waals surface area contributed by atoms with Gasteiger partial charge in [0.15, 0.2) is 0 Å². The number of phenols is 1. The molecule has 2 heteroatoms. The summed E-state index contributed by atoms with van der Waals surface area (Å²) >= 11 is 0. The molecule has 26 heavy (non-hydrogen) atoms. The van der Waals surface area contributed by atoms with E-state index in [9.17, 15) is 5.11 Å². The van der Waals surface area contributed by atoms with E-state index < -0.39 is 5.60 Å². The van der Waals surface area contributed by atoms with Crippen molar-refractivity contribution in [2.75, 3.05) is 0 Å². The van der Waals surface area contributed by atoms with Crippen molar-refractivity contribution in [1.82, 2.24) is 0 Å². The molecule has 3 rings (SSSR count). The molecule has 138 valence electrons. The third kappa shape index (κ3) is 3.25. The molecule has 0 aliphatic carbocycles. The van der Waals surface area contributed by atoms with E-state index in [1.807, 2.05) is 6.08 Å². The van der Waals surface area contributed by atoms with Crippen molar-refractivity contribution in [2.24, 2.45) is 0 Å². The quantitative estimate of drug-likeness (QED) is 0.479. The molecular formula is C24H30O2. The molecule has 0 saturated carbocycles. The predicted octanol–water partition coefficient (Wildman–Crippen LogP) is 6.46. The summed E-state index contributed by atoms with van der Waals surface area (Å²) in [6.07, 6.45) is 7.00. The Morgan fingerprint density at radius 3 is 2.65 bits per heavy atom. The average Bonchev–Trinajstić information content (AvgIpc) is 2.57. The van der Waals surface area contributed by atoms with Crippen LogP contribution in [0.25, 0.3) is 11.1 Å². The Morgan fingerprint density at radius 2 is 1.96 bits per heavy atom. The molecule has 0 bridgehead atoms. The molecule has 2 aromatic rings. The highest BCUT2D eigenvalue weighted by molar-refractivity contribution is 5.84. The number of hydrogen-bond acceptors (Lipinski definition) is 2. The van der Waals surface area contributed by atoms with Gasteiger partial charge in [-0.15, -0.1) is 6.58 Å². The van der Waals surface area contributed by atoms with Crippen molar-refractivity contribution in [3.63, 3.8) is 0 Å². The third-order valence-corrected chi connectivity index (χ3v) is 5.32. The maximum atomic E-state index is 11.2. The zero-order chi connectivity index (χ0) is 18.9. The lowest BCUT2D eigenvalue weighted by atomic mass is 9.82. The van der Waals surface area contributed by atoms with Gasteiger partial charge < -0.3 is 9.84 Å². The number of hydrogen-bond donors (Lipinski definition) is 1. The Hall–Kier alpha value is -2.22. The maximum Gasteiger partial charge on any atom is 0.132 e. The normalized spacial score (nSPS) is 14.3. The van der Waals surface area contributed by atoms with E-state index in [4.69, 9.17) is 4.74 Å². The first-order valence-corrected chi connectivity index (χ1v) is 9.68. The van der Waals surface area contributed by atoms with Gasteiger partial charge in [0.25, 0.3) is 0 Å². The molecule has 1 aliphatic rings. The van der Waals surface area contributed by atoms with E-state index >= 15 is 0 Å². The summed E-state index contributed by atoms with van der Waals surface area (Å²) in [5.74, 6) is 1.15. The van der Waals surface area contributed by atoms with Gasteiger partial charge >= 0.3 is 0 Å². The smallest absolute Gasteiger partial charge is 0.132 e. The summed E-state index contributed by atoms with van der Waals surface area (Å²) in [5.41, 5.74) is 5.98. The molecule has 0 saturated heterocycles. The van der Waals surface area contributed by atoms with E-state index in [0.29, 0.717) is 12.2 Å². The third-order valence-electron chi connectivity index (χ3n) is 5.32. The van der Waals surface area contributed by atoms with Crippen LogP contribution in [-0.4, -0.2) is 5.11 Å². The Labute approximate surface area is 157 Å². The van der Waals surface area contributed by atoms with Crippen LogP contribution in [-0.2, 0) is 18.4 Å². The number of ether oxygens (including phenoxy) is 1. The van der Waals surface area contributed by atoms with E-state index in [1.165, 1.54) is 24.0 Å². The van der Waals surface area contributed by atoms with Crippen LogP contribution in [0, 0.1) is 6.92 Å². The monoisotopic (exact) mass is 350 g/mol. The first kappa shape index (κ1) is 18.6. The molecule has 2 nitrogen and oxygen atoms in total. The molecule has 0 radical (unpaired) electrons. The number of allylic oxidation sites excluding steroid dienone is 1. The molecule has 0 spiro atoms. The van der Waals surface area contributed by atoms with Crippen LogP contribution in [0.1, 0.15) is 62.3 Å². The van der Waals surface area contributed by atoms with E-state index in [-0.39, 0.29) is 0 Å². The highest BCUT2D eigenvalue weighted by Gasteiger charge is 2.35. The van der Waals surface area contributed by atoms with Crippen molar-refractivity contribution in [1.29, 1.82) is 0 Å². The first-order chi connectivity index (χ1) is 12.4. The van der Waals surface area contributed by atoms with Crippen LogP contribution in [0.2, 0.25) is 0 Å². The van der Waals surface area contributed by atoms with Gasteiger partial charge in [0.05, 0.1) is 5.56 Å². The predicted molar refractivity (Wildman–Crippen MR) is 109 cm³/mol. The largest absolute Gasteiger partial charge is 0.507 e.